The fourth-order valence-electron chi connectivity index (χ4n) is 3.56. The van der Waals surface area contributed by atoms with Crippen LogP contribution in [-0.2, 0) is 11.3 Å². The van der Waals surface area contributed by atoms with E-state index in [4.69, 9.17) is 4.74 Å². The van der Waals surface area contributed by atoms with Crippen molar-refractivity contribution in [1.29, 1.82) is 0 Å². The normalized spacial score (nSPS) is 11.1. The standard InChI is InChI=1S/C23H21FN4O2/c1-4-28-22-17(13-26-28)19(15-10-14(3)11-25-12-15)20(23(29)30-5-2)21(27-22)16-8-6-7-9-18(16)24/h6-13H,4-5H2,1-3H3. The summed E-state index contributed by atoms with van der Waals surface area (Å²) in [6.45, 7) is 6.37. The van der Waals surface area contributed by atoms with Gasteiger partial charge in [0.15, 0.2) is 5.65 Å². The first kappa shape index (κ1) is 19.7. The third kappa shape index (κ3) is 3.32. The van der Waals surface area contributed by atoms with E-state index in [-0.39, 0.29) is 23.4 Å². The van der Waals surface area contributed by atoms with E-state index in [2.05, 4.69) is 15.1 Å². The van der Waals surface area contributed by atoms with Crippen LogP contribution in [0.2, 0.25) is 0 Å². The zero-order chi connectivity index (χ0) is 21.3. The van der Waals surface area contributed by atoms with Gasteiger partial charge < -0.3 is 4.74 Å². The summed E-state index contributed by atoms with van der Waals surface area (Å²) in [5.41, 5.74) is 3.48. The second-order valence-corrected chi connectivity index (χ2v) is 6.86. The van der Waals surface area contributed by atoms with Gasteiger partial charge in [-0.1, -0.05) is 12.1 Å². The van der Waals surface area contributed by atoms with E-state index >= 15 is 0 Å². The molecule has 152 valence electrons. The van der Waals surface area contributed by atoms with Gasteiger partial charge in [0, 0.05) is 41.0 Å². The van der Waals surface area contributed by atoms with Crippen LogP contribution in [0.5, 0.6) is 0 Å². The van der Waals surface area contributed by atoms with Crippen molar-refractivity contribution in [3.63, 3.8) is 0 Å². The van der Waals surface area contributed by atoms with Crippen molar-refractivity contribution in [1.82, 2.24) is 19.7 Å². The molecular weight excluding hydrogens is 383 g/mol. The summed E-state index contributed by atoms with van der Waals surface area (Å²) in [5, 5.41) is 5.10. The Morgan fingerprint density at radius 2 is 1.97 bits per heavy atom. The second kappa shape index (κ2) is 8.02. The van der Waals surface area contributed by atoms with Crippen molar-refractivity contribution in [3.8, 4) is 22.4 Å². The van der Waals surface area contributed by atoms with Crippen molar-refractivity contribution >= 4 is 17.0 Å². The van der Waals surface area contributed by atoms with Crippen LogP contribution in [0.1, 0.15) is 29.8 Å². The number of halogens is 1. The van der Waals surface area contributed by atoms with Gasteiger partial charge in [-0.3, -0.25) is 4.98 Å². The Bertz CT molecular complexity index is 1250. The molecule has 0 aliphatic heterocycles. The minimum atomic E-state index is -0.564. The largest absolute Gasteiger partial charge is 0.462 e. The fourth-order valence-corrected chi connectivity index (χ4v) is 3.56. The first-order chi connectivity index (χ1) is 14.5. The number of aryl methyl sites for hydroxylation is 2. The number of fused-ring (bicyclic) bond motifs is 1. The molecule has 30 heavy (non-hydrogen) atoms. The quantitative estimate of drug-likeness (QED) is 0.447. The SMILES string of the molecule is CCOC(=O)c1c(-c2ccccc2F)nc2c(cnn2CC)c1-c1cncc(C)c1. The number of hydrogen-bond donors (Lipinski definition) is 0. The highest BCUT2D eigenvalue weighted by Gasteiger charge is 2.27. The molecule has 0 amide bonds. The number of carbonyl (C=O) groups is 1. The fraction of sp³-hybridized carbons (Fsp3) is 0.217. The van der Waals surface area contributed by atoms with Gasteiger partial charge in [0.25, 0.3) is 0 Å². The number of carbonyl (C=O) groups excluding carboxylic acids is 1. The maximum Gasteiger partial charge on any atom is 0.341 e. The number of pyridine rings is 2. The highest BCUT2D eigenvalue weighted by Crippen LogP contribution is 2.38. The van der Waals surface area contributed by atoms with Crippen LogP contribution < -0.4 is 0 Å². The van der Waals surface area contributed by atoms with Crippen molar-refractivity contribution in [2.45, 2.75) is 27.3 Å². The molecule has 3 heterocycles. The van der Waals surface area contributed by atoms with Crippen molar-refractivity contribution < 1.29 is 13.9 Å². The van der Waals surface area contributed by atoms with E-state index < -0.39 is 11.8 Å². The van der Waals surface area contributed by atoms with Crippen LogP contribution in [0.4, 0.5) is 4.39 Å². The maximum absolute atomic E-state index is 14.8. The predicted molar refractivity (Wildman–Crippen MR) is 113 cm³/mol. The average Bonchev–Trinajstić information content (AvgIpc) is 3.15. The first-order valence-electron chi connectivity index (χ1n) is 9.78. The Balaban J connectivity index is 2.18. The molecule has 4 rings (SSSR count). The zero-order valence-corrected chi connectivity index (χ0v) is 17.0. The third-order valence-electron chi connectivity index (χ3n) is 4.86. The summed E-state index contributed by atoms with van der Waals surface area (Å²) in [6, 6.07) is 8.20. The summed E-state index contributed by atoms with van der Waals surface area (Å²) >= 11 is 0. The smallest absolute Gasteiger partial charge is 0.341 e. The van der Waals surface area contributed by atoms with Gasteiger partial charge in [0.2, 0.25) is 0 Å². The molecule has 0 radical (unpaired) electrons. The number of rotatable bonds is 5. The van der Waals surface area contributed by atoms with Gasteiger partial charge in [-0.25, -0.2) is 18.9 Å². The average molecular weight is 404 g/mol. The highest BCUT2D eigenvalue weighted by atomic mass is 19.1. The van der Waals surface area contributed by atoms with Crippen LogP contribution in [-0.4, -0.2) is 32.3 Å². The molecule has 0 bridgehead atoms. The molecule has 0 saturated heterocycles. The molecule has 6 nitrogen and oxygen atoms in total. The lowest BCUT2D eigenvalue weighted by Gasteiger charge is -2.16. The Morgan fingerprint density at radius 1 is 1.17 bits per heavy atom. The molecule has 0 aliphatic carbocycles. The Kier molecular flexibility index (Phi) is 5.27. The summed E-state index contributed by atoms with van der Waals surface area (Å²) < 4.78 is 21.9. The van der Waals surface area contributed by atoms with Crippen LogP contribution in [0, 0.1) is 12.7 Å². The van der Waals surface area contributed by atoms with E-state index in [1.807, 2.05) is 19.9 Å². The Hall–Kier alpha value is -3.61. The lowest BCUT2D eigenvalue weighted by atomic mass is 9.93. The lowest BCUT2D eigenvalue weighted by molar-refractivity contribution is 0.0528. The zero-order valence-electron chi connectivity index (χ0n) is 17.0. The van der Waals surface area contributed by atoms with E-state index in [1.54, 1.807) is 48.4 Å². The van der Waals surface area contributed by atoms with Gasteiger partial charge in [0.1, 0.15) is 5.82 Å². The van der Waals surface area contributed by atoms with Crippen LogP contribution >= 0.6 is 0 Å². The molecular formula is C23H21FN4O2. The Morgan fingerprint density at radius 3 is 2.67 bits per heavy atom. The van der Waals surface area contributed by atoms with E-state index in [0.717, 1.165) is 11.1 Å². The summed E-state index contributed by atoms with van der Waals surface area (Å²) in [4.78, 5) is 22.1. The minimum Gasteiger partial charge on any atom is -0.462 e. The van der Waals surface area contributed by atoms with Gasteiger partial charge in [-0.2, -0.15) is 5.10 Å². The summed E-state index contributed by atoms with van der Waals surface area (Å²) in [7, 11) is 0. The van der Waals surface area contributed by atoms with E-state index in [9.17, 15) is 9.18 Å². The topological polar surface area (TPSA) is 69.9 Å². The number of esters is 1. The molecule has 0 fully saturated rings. The Labute approximate surface area is 173 Å². The van der Waals surface area contributed by atoms with Gasteiger partial charge in [0.05, 0.1) is 24.1 Å². The molecule has 4 aromatic rings. The van der Waals surface area contributed by atoms with Crippen molar-refractivity contribution in [3.05, 3.63) is 65.9 Å². The molecule has 0 saturated carbocycles. The number of aromatic nitrogens is 4. The number of hydrogen-bond acceptors (Lipinski definition) is 5. The molecule has 3 aromatic heterocycles. The molecule has 0 N–H and O–H groups in total. The van der Waals surface area contributed by atoms with Crippen molar-refractivity contribution in [2.75, 3.05) is 6.61 Å². The van der Waals surface area contributed by atoms with Crippen LogP contribution in [0.3, 0.4) is 0 Å². The maximum atomic E-state index is 14.8. The van der Waals surface area contributed by atoms with Gasteiger partial charge in [-0.15, -0.1) is 0 Å². The molecule has 0 unspecified atom stereocenters. The number of ether oxygens (including phenoxy) is 1. The monoisotopic (exact) mass is 404 g/mol. The van der Waals surface area contributed by atoms with Crippen LogP contribution in [0.25, 0.3) is 33.4 Å². The molecule has 1 aromatic carbocycles. The van der Waals surface area contributed by atoms with Crippen LogP contribution in [0.15, 0.2) is 48.9 Å². The predicted octanol–water partition coefficient (Wildman–Crippen LogP) is 4.80. The minimum absolute atomic E-state index is 0.188. The molecule has 7 heteroatoms. The number of nitrogens with zero attached hydrogens (tertiary/aromatic N) is 4. The highest BCUT2D eigenvalue weighted by molar-refractivity contribution is 6.10. The van der Waals surface area contributed by atoms with E-state index in [0.29, 0.717) is 23.1 Å². The van der Waals surface area contributed by atoms with Gasteiger partial charge >= 0.3 is 5.97 Å². The molecule has 0 spiro atoms. The van der Waals surface area contributed by atoms with Crippen molar-refractivity contribution in [2.24, 2.45) is 0 Å². The third-order valence-corrected chi connectivity index (χ3v) is 4.86. The summed E-state index contributed by atoms with van der Waals surface area (Å²) in [5.74, 6) is -1.03. The molecule has 0 atom stereocenters. The first-order valence-corrected chi connectivity index (χ1v) is 9.78. The molecule has 0 aliphatic rings. The van der Waals surface area contributed by atoms with E-state index in [1.165, 1.54) is 6.07 Å². The second-order valence-electron chi connectivity index (χ2n) is 6.86. The lowest BCUT2D eigenvalue weighted by Crippen LogP contribution is -2.12. The summed E-state index contributed by atoms with van der Waals surface area (Å²) in [6.07, 6.45) is 5.09. The van der Waals surface area contributed by atoms with Gasteiger partial charge in [-0.05, 0) is 44.5 Å². The number of benzene rings is 1.